The standard InChI is InChI=1S/C15H20N4O2/c1-10(2)20-13-6-4-12(5-7-13)18-15(16)17-9-14-8-11(3)19-21-14/h4-8,10H,9H2,1-3H3,(H3,16,17,18). The number of ether oxygens (including phenoxy) is 1. The SMILES string of the molecule is Cc1cc(CN=C(N)Nc2ccc(OC(C)C)cc2)on1. The molecular weight excluding hydrogens is 268 g/mol. The van der Waals surface area contributed by atoms with E-state index in [0.717, 1.165) is 17.1 Å². The van der Waals surface area contributed by atoms with Crippen LogP contribution in [-0.2, 0) is 6.54 Å². The average molecular weight is 288 g/mol. The molecule has 1 aromatic carbocycles. The summed E-state index contributed by atoms with van der Waals surface area (Å²) in [4.78, 5) is 4.19. The van der Waals surface area contributed by atoms with Crippen molar-refractivity contribution in [1.82, 2.24) is 5.16 Å². The predicted octanol–water partition coefficient (Wildman–Crippen LogP) is 2.70. The number of nitrogens with one attached hydrogen (secondary N) is 1. The number of hydrogen-bond acceptors (Lipinski definition) is 4. The predicted molar refractivity (Wildman–Crippen MR) is 82.4 cm³/mol. The first-order chi connectivity index (χ1) is 10.0. The van der Waals surface area contributed by atoms with E-state index in [1.54, 1.807) is 0 Å². The Balaban J connectivity index is 1.91. The van der Waals surface area contributed by atoms with E-state index >= 15 is 0 Å². The second-order valence-corrected chi connectivity index (χ2v) is 4.95. The smallest absolute Gasteiger partial charge is 0.193 e. The van der Waals surface area contributed by atoms with Crippen LogP contribution in [0.25, 0.3) is 0 Å². The van der Waals surface area contributed by atoms with Crippen molar-refractivity contribution in [2.75, 3.05) is 5.32 Å². The third-order valence-corrected chi connectivity index (χ3v) is 2.58. The molecule has 0 radical (unpaired) electrons. The summed E-state index contributed by atoms with van der Waals surface area (Å²) in [5.41, 5.74) is 7.50. The number of benzene rings is 1. The van der Waals surface area contributed by atoms with Crippen molar-refractivity contribution in [2.24, 2.45) is 10.7 Å². The van der Waals surface area contributed by atoms with Gasteiger partial charge in [0.1, 0.15) is 12.3 Å². The summed E-state index contributed by atoms with van der Waals surface area (Å²) in [6.07, 6.45) is 0.154. The molecule has 2 aromatic rings. The Labute approximate surface area is 124 Å². The van der Waals surface area contributed by atoms with E-state index in [0.29, 0.717) is 18.3 Å². The number of guanidine groups is 1. The molecule has 0 saturated carbocycles. The highest BCUT2D eigenvalue weighted by Crippen LogP contribution is 2.16. The number of aryl methyl sites for hydroxylation is 1. The number of aliphatic imine (C=N–C) groups is 1. The Bertz CT molecular complexity index is 602. The van der Waals surface area contributed by atoms with Crippen molar-refractivity contribution in [3.05, 3.63) is 41.8 Å². The van der Waals surface area contributed by atoms with Gasteiger partial charge in [-0.3, -0.25) is 0 Å². The Morgan fingerprint density at radius 1 is 1.38 bits per heavy atom. The molecule has 0 aliphatic rings. The minimum Gasteiger partial charge on any atom is -0.491 e. The second kappa shape index (κ2) is 6.78. The van der Waals surface area contributed by atoms with Crippen molar-refractivity contribution >= 4 is 11.6 Å². The molecule has 112 valence electrons. The lowest BCUT2D eigenvalue weighted by Crippen LogP contribution is -2.22. The summed E-state index contributed by atoms with van der Waals surface area (Å²) in [6.45, 7) is 6.19. The fourth-order valence-electron chi connectivity index (χ4n) is 1.73. The average Bonchev–Trinajstić information content (AvgIpc) is 2.84. The first-order valence-corrected chi connectivity index (χ1v) is 6.79. The zero-order valence-electron chi connectivity index (χ0n) is 12.5. The van der Waals surface area contributed by atoms with Gasteiger partial charge in [0.25, 0.3) is 0 Å². The van der Waals surface area contributed by atoms with E-state index in [1.165, 1.54) is 0 Å². The van der Waals surface area contributed by atoms with Crippen molar-refractivity contribution < 1.29 is 9.26 Å². The van der Waals surface area contributed by atoms with Gasteiger partial charge in [0, 0.05) is 11.8 Å². The number of hydrogen-bond donors (Lipinski definition) is 2. The number of nitrogens with two attached hydrogens (primary N) is 1. The molecule has 0 spiro atoms. The monoisotopic (exact) mass is 288 g/mol. The summed E-state index contributed by atoms with van der Waals surface area (Å²) in [5, 5.41) is 6.80. The Morgan fingerprint density at radius 3 is 2.67 bits per heavy atom. The molecule has 6 heteroatoms. The van der Waals surface area contributed by atoms with Gasteiger partial charge in [0.15, 0.2) is 11.7 Å². The Morgan fingerprint density at radius 2 is 2.10 bits per heavy atom. The van der Waals surface area contributed by atoms with Crippen molar-refractivity contribution in [2.45, 2.75) is 33.4 Å². The maximum absolute atomic E-state index is 5.82. The van der Waals surface area contributed by atoms with Crippen molar-refractivity contribution in [1.29, 1.82) is 0 Å². The fourth-order valence-corrected chi connectivity index (χ4v) is 1.73. The van der Waals surface area contributed by atoms with Crippen LogP contribution in [0.2, 0.25) is 0 Å². The normalized spacial score (nSPS) is 11.7. The molecule has 0 aliphatic heterocycles. The van der Waals surface area contributed by atoms with Gasteiger partial charge in [-0.2, -0.15) is 0 Å². The summed E-state index contributed by atoms with van der Waals surface area (Å²) in [7, 11) is 0. The molecule has 0 aliphatic carbocycles. The maximum atomic E-state index is 5.82. The lowest BCUT2D eigenvalue weighted by molar-refractivity contribution is 0.242. The van der Waals surface area contributed by atoms with Gasteiger partial charge in [-0.25, -0.2) is 4.99 Å². The lowest BCUT2D eigenvalue weighted by Gasteiger charge is -2.10. The highest BCUT2D eigenvalue weighted by atomic mass is 16.5. The minimum absolute atomic E-state index is 0.154. The highest BCUT2D eigenvalue weighted by molar-refractivity contribution is 5.92. The minimum atomic E-state index is 0.154. The summed E-state index contributed by atoms with van der Waals surface area (Å²) < 4.78 is 10.6. The first kappa shape index (κ1) is 14.9. The van der Waals surface area contributed by atoms with E-state index in [9.17, 15) is 0 Å². The first-order valence-electron chi connectivity index (χ1n) is 6.79. The van der Waals surface area contributed by atoms with E-state index in [-0.39, 0.29) is 6.10 Å². The molecule has 1 heterocycles. The third kappa shape index (κ3) is 4.83. The van der Waals surface area contributed by atoms with Gasteiger partial charge >= 0.3 is 0 Å². The Kier molecular flexibility index (Phi) is 4.81. The quantitative estimate of drug-likeness (QED) is 0.652. The molecule has 0 fully saturated rings. The van der Waals surface area contributed by atoms with Crippen LogP contribution in [0.15, 0.2) is 39.8 Å². The van der Waals surface area contributed by atoms with Crippen LogP contribution < -0.4 is 15.8 Å². The molecule has 0 unspecified atom stereocenters. The van der Waals surface area contributed by atoms with Crippen molar-refractivity contribution in [3.8, 4) is 5.75 Å². The van der Waals surface area contributed by atoms with Crippen LogP contribution in [0.4, 0.5) is 5.69 Å². The molecule has 21 heavy (non-hydrogen) atoms. The number of aromatic nitrogens is 1. The van der Waals surface area contributed by atoms with E-state index in [1.807, 2.05) is 51.1 Å². The van der Waals surface area contributed by atoms with Gasteiger partial charge in [-0.05, 0) is 45.0 Å². The highest BCUT2D eigenvalue weighted by Gasteiger charge is 2.01. The molecule has 1 aromatic heterocycles. The van der Waals surface area contributed by atoms with Crippen LogP contribution in [-0.4, -0.2) is 17.2 Å². The van der Waals surface area contributed by atoms with Crippen LogP contribution in [0.1, 0.15) is 25.3 Å². The number of nitrogens with zero attached hydrogens (tertiary/aromatic N) is 2. The van der Waals surface area contributed by atoms with Crippen LogP contribution >= 0.6 is 0 Å². The summed E-state index contributed by atoms with van der Waals surface area (Å²) in [6, 6.07) is 9.37. The molecule has 0 saturated heterocycles. The molecule has 0 amide bonds. The second-order valence-electron chi connectivity index (χ2n) is 4.95. The number of anilines is 1. The molecule has 3 N–H and O–H groups in total. The van der Waals surface area contributed by atoms with E-state index < -0.39 is 0 Å². The zero-order chi connectivity index (χ0) is 15.2. The van der Waals surface area contributed by atoms with E-state index in [2.05, 4.69) is 15.5 Å². The van der Waals surface area contributed by atoms with Crippen LogP contribution in [0.3, 0.4) is 0 Å². The molecular formula is C15H20N4O2. The van der Waals surface area contributed by atoms with Gasteiger partial charge in [-0.1, -0.05) is 5.16 Å². The zero-order valence-corrected chi connectivity index (χ0v) is 12.5. The van der Waals surface area contributed by atoms with Crippen LogP contribution in [0, 0.1) is 6.92 Å². The van der Waals surface area contributed by atoms with Gasteiger partial charge in [-0.15, -0.1) is 0 Å². The van der Waals surface area contributed by atoms with Crippen molar-refractivity contribution in [3.63, 3.8) is 0 Å². The largest absolute Gasteiger partial charge is 0.491 e. The summed E-state index contributed by atoms with van der Waals surface area (Å²) in [5.74, 6) is 1.82. The molecule has 6 nitrogen and oxygen atoms in total. The Hall–Kier alpha value is -2.50. The van der Waals surface area contributed by atoms with Gasteiger partial charge in [0.05, 0.1) is 11.8 Å². The fraction of sp³-hybridized carbons (Fsp3) is 0.333. The van der Waals surface area contributed by atoms with Gasteiger partial charge < -0.3 is 20.3 Å². The topological polar surface area (TPSA) is 85.7 Å². The molecule has 0 atom stereocenters. The molecule has 0 bridgehead atoms. The lowest BCUT2D eigenvalue weighted by atomic mass is 10.3. The van der Waals surface area contributed by atoms with Crippen LogP contribution in [0.5, 0.6) is 5.75 Å². The van der Waals surface area contributed by atoms with Gasteiger partial charge in [0.2, 0.25) is 0 Å². The summed E-state index contributed by atoms with van der Waals surface area (Å²) >= 11 is 0. The van der Waals surface area contributed by atoms with E-state index in [4.69, 9.17) is 15.0 Å². The third-order valence-electron chi connectivity index (χ3n) is 2.58. The maximum Gasteiger partial charge on any atom is 0.193 e. The number of rotatable bonds is 5. The molecule has 2 rings (SSSR count).